The molecule has 0 heterocycles. The largest absolute Gasteiger partial charge is 0.378 e. The number of hydrogen-bond acceptors (Lipinski definition) is 3. The third-order valence-corrected chi connectivity index (χ3v) is 7.02. The summed E-state index contributed by atoms with van der Waals surface area (Å²) in [6.45, 7) is 10.7. The van der Waals surface area contributed by atoms with Crippen LogP contribution in [0.15, 0.2) is 36.4 Å². The molecular formula is C29H42N3O+. The third kappa shape index (κ3) is 5.31. The molecule has 1 aliphatic carbocycles. The van der Waals surface area contributed by atoms with Crippen LogP contribution in [0.4, 0.5) is 11.4 Å². The third-order valence-electron chi connectivity index (χ3n) is 7.02. The van der Waals surface area contributed by atoms with Gasteiger partial charge < -0.3 is 9.80 Å². The monoisotopic (exact) mass is 448 g/mol. The Kier molecular flexibility index (Phi) is 7.99. The Bertz CT molecular complexity index is 1020. The van der Waals surface area contributed by atoms with Crippen molar-refractivity contribution in [1.82, 2.24) is 0 Å². The number of Topliss-reactive ketones (excluding diaryl/α,β-unsaturated/α-hetero) is 1. The van der Waals surface area contributed by atoms with E-state index >= 15 is 0 Å². The molecule has 1 aliphatic rings. The van der Waals surface area contributed by atoms with Gasteiger partial charge in [0.25, 0.3) is 0 Å². The Morgan fingerprint density at radius 3 is 2.09 bits per heavy atom. The molecule has 0 amide bonds. The van der Waals surface area contributed by atoms with Crippen LogP contribution < -0.4 is 14.8 Å². The van der Waals surface area contributed by atoms with Gasteiger partial charge in [-0.15, -0.1) is 0 Å². The first kappa shape index (κ1) is 25.0. The van der Waals surface area contributed by atoms with Crippen molar-refractivity contribution in [3.8, 4) is 0 Å². The fourth-order valence-corrected chi connectivity index (χ4v) is 4.74. The number of unbranched alkanes of at least 4 members (excludes halogenated alkanes) is 1. The number of carbonyl (C=O) groups is 1. The minimum absolute atomic E-state index is 0.109. The zero-order valence-corrected chi connectivity index (χ0v) is 21.7. The number of fused-ring (bicyclic) bond motifs is 2. The molecule has 0 spiro atoms. The van der Waals surface area contributed by atoms with Gasteiger partial charge in [0.05, 0.1) is 11.1 Å². The van der Waals surface area contributed by atoms with Crippen molar-refractivity contribution in [2.45, 2.75) is 65.2 Å². The lowest BCUT2D eigenvalue weighted by atomic mass is 9.68. The molecule has 0 aromatic heterocycles. The number of ketones is 1. The highest BCUT2D eigenvalue weighted by atomic mass is 16.1. The fourth-order valence-electron chi connectivity index (χ4n) is 4.74. The van der Waals surface area contributed by atoms with E-state index in [0.717, 1.165) is 25.9 Å². The summed E-state index contributed by atoms with van der Waals surface area (Å²) in [4.78, 5) is 20.0. The molecule has 2 aromatic carbocycles. The molecule has 0 fully saturated rings. The van der Waals surface area contributed by atoms with Crippen molar-refractivity contribution in [3.05, 3.63) is 58.7 Å². The normalized spacial score (nSPS) is 15.2. The summed E-state index contributed by atoms with van der Waals surface area (Å²) in [7, 11) is 6.34. The first-order chi connectivity index (χ1) is 15.7. The van der Waals surface area contributed by atoms with E-state index in [2.05, 4.69) is 93.1 Å². The smallest absolute Gasteiger partial charge is 0.213 e. The Morgan fingerprint density at radius 2 is 1.52 bits per heavy atom. The second-order valence-electron chi connectivity index (χ2n) is 10.1. The number of carbonyl (C=O) groups excluding carboxylic acids is 1. The molecule has 0 bridgehead atoms. The first-order valence-electron chi connectivity index (χ1n) is 12.5. The van der Waals surface area contributed by atoms with Gasteiger partial charge in [0.2, 0.25) is 5.71 Å². The van der Waals surface area contributed by atoms with E-state index < -0.39 is 0 Å². The van der Waals surface area contributed by atoms with Crippen LogP contribution in [0.3, 0.4) is 0 Å². The summed E-state index contributed by atoms with van der Waals surface area (Å²) in [6.07, 6.45) is 4.53. The van der Waals surface area contributed by atoms with Crippen LogP contribution >= 0.6 is 0 Å². The molecule has 0 aliphatic heterocycles. The molecule has 2 aromatic rings. The van der Waals surface area contributed by atoms with Crippen molar-refractivity contribution in [1.29, 1.82) is 0 Å². The fraction of sp³-hybridized carbons (Fsp3) is 0.517. The summed E-state index contributed by atoms with van der Waals surface area (Å²) in [6, 6.07) is 13.8. The van der Waals surface area contributed by atoms with E-state index in [4.69, 9.17) is 0 Å². The molecular weight excluding hydrogens is 406 g/mol. The van der Waals surface area contributed by atoms with Gasteiger partial charge in [0.15, 0.2) is 0 Å². The van der Waals surface area contributed by atoms with Gasteiger partial charge in [-0.1, -0.05) is 34.1 Å². The van der Waals surface area contributed by atoms with Gasteiger partial charge >= 0.3 is 0 Å². The second kappa shape index (κ2) is 10.5. The molecule has 3 rings (SSSR count). The van der Waals surface area contributed by atoms with E-state index in [-0.39, 0.29) is 5.41 Å². The van der Waals surface area contributed by atoms with Crippen molar-refractivity contribution in [2.75, 3.05) is 44.0 Å². The van der Waals surface area contributed by atoms with Crippen LogP contribution in [-0.2, 0) is 10.2 Å². The number of rotatable bonds is 10. The van der Waals surface area contributed by atoms with E-state index in [1.54, 1.807) is 0 Å². The van der Waals surface area contributed by atoms with Gasteiger partial charge in [-0.25, -0.2) is 4.99 Å². The summed E-state index contributed by atoms with van der Waals surface area (Å²) in [5.74, 6) is 0.348. The molecule has 4 nitrogen and oxygen atoms in total. The molecule has 0 saturated heterocycles. The standard InChI is InChI=1S/C29H41N3O/c1-8-10-17-30-28-24-15-13-21(31(5)6)19-26(24)29(3,4)27-20-22(14-16-25(27)28)32(7)18-11-12-23(33)9-2/h13-16,19-20H,8-12,17-18H2,1-7H3/p+1. The van der Waals surface area contributed by atoms with Crippen LogP contribution in [0.1, 0.15) is 82.1 Å². The number of nitrogens with one attached hydrogen (secondary N) is 1. The lowest BCUT2D eigenvalue weighted by Gasteiger charge is -2.36. The number of benzene rings is 2. The summed E-state index contributed by atoms with van der Waals surface area (Å²) >= 11 is 0. The van der Waals surface area contributed by atoms with Crippen LogP contribution in [0, 0.1) is 0 Å². The maximum absolute atomic E-state index is 11.7. The van der Waals surface area contributed by atoms with Crippen LogP contribution in [0.5, 0.6) is 0 Å². The van der Waals surface area contributed by atoms with E-state index in [1.807, 2.05) is 6.92 Å². The topological polar surface area (TPSA) is 37.5 Å². The van der Waals surface area contributed by atoms with Crippen molar-refractivity contribution in [3.63, 3.8) is 0 Å². The minimum Gasteiger partial charge on any atom is -0.378 e. The van der Waals surface area contributed by atoms with Crippen molar-refractivity contribution < 1.29 is 9.79 Å². The maximum Gasteiger partial charge on any atom is 0.213 e. The molecule has 178 valence electrons. The molecule has 0 saturated carbocycles. The van der Waals surface area contributed by atoms with Gasteiger partial charge in [0.1, 0.15) is 12.3 Å². The predicted octanol–water partition coefficient (Wildman–Crippen LogP) is 4.31. The molecule has 4 heteroatoms. The average molecular weight is 449 g/mol. The Labute approximate surface area is 200 Å². The van der Waals surface area contributed by atoms with Gasteiger partial charge in [-0.3, -0.25) is 4.79 Å². The number of hydrogen-bond donors (Lipinski definition) is 1. The Hall–Kier alpha value is -2.62. The van der Waals surface area contributed by atoms with Crippen LogP contribution in [0.25, 0.3) is 0 Å². The zero-order chi connectivity index (χ0) is 24.2. The molecule has 0 radical (unpaired) electrons. The minimum atomic E-state index is -0.109. The SMILES string of the molecule is CCCC[NH+]=C1c2ccc(N(C)C)cc2C(C)(C)c2cc(N(C)CCCC(=O)CC)ccc21. The van der Waals surface area contributed by atoms with E-state index in [0.29, 0.717) is 18.6 Å². The van der Waals surface area contributed by atoms with Gasteiger partial charge in [0, 0.05) is 63.7 Å². The highest BCUT2D eigenvalue weighted by Crippen LogP contribution is 2.43. The van der Waals surface area contributed by atoms with Crippen molar-refractivity contribution in [2.24, 2.45) is 0 Å². The van der Waals surface area contributed by atoms with Gasteiger partial charge in [-0.05, 0) is 53.9 Å². The van der Waals surface area contributed by atoms with Crippen molar-refractivity contribution >= 4 is 22.9 Å². The lowest BCUT2D eigenvalue weighted by molar-refractivity contribution is -0.456. The second-order valence-corrected chi connectivity index (χ2v) is 10.1. The molecule has 1 N–H and O–H groups in total. The van der Waals surface area contributed by atoms with Crippen LogP contribution in [0.2, 0.25) is 0 Å². The summed E-state index contributed by atoms with van der Waals surface area (Å²) < 4.78 is 0. The molecule has 33 heavy (non-hydrogen) atoms. The van der Waals surface area contributed by atoms with E-state index in [9.17, 15) is 4.79 Å². The average Bonchev–Trinajstić information content (AvgIpc) is 2.80. The summed E-state index contributed by atoms with van der Waals surface area (Å²) in [5, 5.41) is 0. The lowest BCUT2D eigenvalue weighted by Crippen LogP contribution is -2.74. The van der Waals surface area contributed by atoms with Crippen LogP contribution in [-0.4, -0.2) is 45.7 Å². The quantitative estimate of drug-likeness (QED) is 0.551. The molecule has 0 atom stereocenters. The van der Waals surface area contributed by atoms with Gasteiger partial charge in [-0.2, -0.15) is 0 Å². The number of nitrogens with zero attached hydrogens (tertiary/aromatic N) is 2. The first-order valence-corrected chi connectivity index (χ1v) is 12.5. The number of anilines is 2. The molecule has 0 unspecified atom stereocenters. The maximum atomic E-state index is 11.7. The highest BCUT2D eigenvalue weighted by molar-refractivity contribution is 6.13. The summed E-state index contributed by atoms with van der Waals surface area (Å²) in [5.41, 5.74) is 8.93. The van der Waals surface area contributed by atoms with E-state index in [1.165, 1.54) is 45.8 Å². The Balaban J connectivity index is 2.03. The predicted molar refractivity (Wildman–Crippen MR) is 141 cm³/mol. The zero-order valence-electron chi connectivity index (χ0n) is 21.7. The highest BCUT2D eigenvalue weighted by Gasteiger charge is 2.38. The Morgan fingerprint density at radius 1 is 0.909 bits per heavy atom.